The molecule has 3 rings (SSSR count). The van der Waals surface area contributed by atoms with Crippen LogP contribution in [-0.4, -0.2) is 47.9 Å². The molecule has 30 heavy (non-hydrogen) atoms. The number of fused-ring (bicyclic) bond motifs is 1. The van der Waals surface area contributed by atoms with E-state index in [0.29, 0.717) is 18.7 Å². The smallest absolute Gasteiger partial charge is 0.260 e. The van der Waals surface area contributed by atoms with E-state index in [0.717, 1.165) is 23.1 Å². The molecule has 5 nitrogen and oxygen atoms in total. The molecule has 0 aliphatic carbocycles. The van der Waals surface area contributed by atoms with E-state index in [1.165, 1.54) is 12.1 Å². The summed E-state index contributed by atoms with van der Waals surface area (Å²) in [6, 6.07) is 11.8. The van der Waals surface area contributed by atoms with Crippen molar-refractivity contribution in [1.29, 1.82) is 0 Å². The van der Waals surface area contributed by atoms with E-state index >= 15 is 0 Å². The first-order chi connectivity index (χ1) is 14.3. The highest BCUT2D eigenvalue weighted by Crippen LogP contribution is 2.37. The second kappa shape index (κ2) is 9.28. The predicted molar refractivity (Wildman–Crippen MR) is 114 cm³/mol. The lowest BCUT2D eigenvalue weighted by Crippen LogP contribution is -2.40. The molecule has 2 amide bonds. The quantitative estimate of drug-likeness (QED) is 0.722. The van der Waals surface area contributed by atoms with Gasteiger partial charge >= 0.3 is 0 Å². The van der Waals surface area contributed by atoms with Gasteiger partial charge in [-0.1, -0.05) is 25.1 Å². The van der Waals surface area contributed by atoms with Gasteiger partial charge in [-0.25, -0.2) is 4.39 Å². The Hall–Kier alpha value is -2.89. The van der Waals surface area contributed by atoms with E-state index < -0.39 is 0 Å². The molecule has 1 aliphatic heterocycles. The Labute approximate surface area is 177 Å². The molecule has 0 radical (unpaired) electrons. The monoisotopic (exact) mass is 412 g/mol. The summed E-state index contributed by atoms with van der Waals surface area (Å²) in [5.41, 5.74) is 2.94. The first kappa shape index (κ1) is 21.8. The molecule has 0 spiro atoms. The van der Waals surface area contributed by atoms with Crippen LogP contribution in [0.25, 0.3) is 0 Å². The van der Waals surface area contributed by atoms with Crippen LogP contribution in [0.2, 0.25) is 0 Å². The minimum Gasteiger partial charge on any atom is -0.484 e. The van der Waals surface area contributed by atoms with Crippen LogP contribution in [0.15, 0.2) is 42.5 Å². The van der Waals surface area contributed by atoms with Gasteiger partial charge in [-0.2, -0.15) is 0 Å². The number of carbonyl (C=O) groups excluding carboxylic acids is 2. The zero-order valence-corrected chi connectivity index (χ0v) is 18.0. The van der Waals surface area contributed by atoms with Crippen molar-refractivity contribution in [3.8, 4) is 5.75 Å². The van der Waals surface area contributed by atoms with Gasteiger partial charge in [0.25, 0.3) is 5.91 Å². The fourth-order valence-electron chi connectivity index (χ4n) is 3.69. The minimum atomic E-state index is -0.312. The van der Waals surface area contributed by atoms with Crippen molar-refractivity contribution in [1.82, 2.24) is 9.80 Å². The van der Waals surface area contributed by atoms with Crippen LogP contribution in [0.1, 0.15) is 49.9 Å². The third-order valence-corrected chi connectivity index (χ3v) is 5.68. The molecule has 1 atom stereocenters. The molecule has 1 unspecified atom stereocenters. The van der Waals surface area contributed by atoms with Crippen LogP contribution < -0.4 is 4.74 Å². The Morgan fingerprint density at radius 3 is 2.53 bits per heavy atom. The summed E-state index contributed by atoms with van der Waals surface area (Å²) in [5, 5.41) is 0. The summed E-state index contributed by atoms with van der Waals surface area (Å²) in [4.78, 5) is 28.4. The van der Waals surface area contributed by atoms with Gasteiger partial charge in [-0.15, -0.1) is 0 Å². The van der Waals surface area contributed by atoms with Crippen molar-refractivity contribution in [3.63, 3.8) is 0 Å². The van der Waals surface area contributed by atoms with Crippen LogP contribution in [0, 0.1) is 5.82 Å². The summed E-state index contributed by atoms with van der Waals surface area (Å²) in [5.74, 6) is 0.223. The van der Waals surface area contributed by atoms with Crippen LogP contribution in [-0.2, 0) is 16.0 Å². The molecular formula is C24H29FN2O3. The topological polar surface area (TPSA) is 49.9 Å². The van der Waals surface area contributed by atoms with Crippen LogP contribution >= 0.6 is 0 Å². The Kier molecular flexibility index (Phi) is 6.75. The Morgan fingerprint density at radius 2 is 1.90 bits per heavy atom. The predicted octanol–water partition coefficient (Wildman–Crippen LogP) is 3.96. The molecule has 1 aliphatic rings. The molecule has 6 heteroatoms. The number of nitrogens with zero attached hydrogens (tertiary/aromatic N) is 2. The third kappa shape index (κ3) is 4.64. The molecule has 0 fully saturated rings. The SMILES string of the molecule is CCC(=O)N1CCc2ccc(OCC(=O)N(C)C(C)C)cc2C1c1ccc(F)cc1. The molecule has 160 valence electrons. The number of halogens is 1. The summed E-state index contributed by atoms with van der Waals surface area (Å²) in [6.45, 7) is 6.30. The molecular weight excluding hydrogens is 383 g/mol. The van der Waals surface area contributed by atoms with Crippen LogP contribution in [0.3, 0.4) is 0 Å². The first-order valence-corrected chi connectivity index (χ1v) is 10.4. The van der Waals surface area contributed by atoms with E-state index in [-0.39, 0.29) is 36.3 Å². The van der Waals surface area contributed by atoms with Gasteiger partial charge in [0.1, 0.15) is 11.6 Å². The lowest BCUT2D eigenvalue weighted by molar-refractivity contribution is -0.133. The summed E-state index contributed by atoms with van der Waals surface area (Å²) in [7, 11) is 1.75. The zero-order chi connectivity index (χ0) is 21.8. The van der Waals surface area contributed by atoms with Crippen molar-refractivity contribution in [2.75, 3.05) is 20.2 Å². The third-order valence-electron chi connectivity index (χ3n) is 5.68. The number of carbonyl (C=O) groups is 2. The maximum Gasteiger partial charge on any atom is 0.260 e. The zero-order valence-electron chi connectivity index (χ0n) is 18.0. The highest BCUT2D eigenvalue weighted by atomic mass is 19.1. The van der Waals surface area contributed by atoms with Crippen LogP contribution in [0.4, 0.5) is 4.39 Å². The summed E-state index contributed by atoms with van der Waals surface area (Å²) >= 11 is 0. The molecule has 2 aromatic rings. The average Bonchev–Trinajstić information content (AvgIpc) is 2.76. The van der Waals surface area contributed by atoms with E-state index in [4.69, 9.17) is 4.74 Å². The number of likely N-dealkylation sites (N-methyl/N-ethyl adjacent to an activating group) is 1. The average molecular weight is 413 g/mol. The van der Waals surface area contributed by atoms with Crippen molar-refractivity contribution >= 4 is 11.8 Å². The van der Waals surface area contributed by atoms with E-state index in [2.05, 4.69) is 0 Å². The maximum absolute atomic E-state index is 13.5. The summed E-state index contributed by atoms with van der Waals surface area (Å²) in [6.07, 6.45) is 1.15. The van der Waals surface area contributed by atoms with E-state index in [1.54, 1.807) is 24.1 Å². The van der Waals surface area contributed by atoms with Gasteiger partial charge in [0.05, 0.1) is 6.04 Å². The number of benzene rings is 2. The molecule has 0 saturated heterocycles. The number of hydrogen-bond donors (Lipinski definition) is 0. The number of ether oxygens (including phenoxy) is 1. The number of hydrogen-bond acceptors (Lipinski definition) is 3. The van der Waals surface area contributed by atoms with Gasteiger partial charge in [-0.05, 0) is 61.2 Å². The van der Waals surface area contributed by atoms with E-state index in [1.807, 2.05) is 43.9 Å². The van der Waals surface area contributed by atoms with Gasteiger partial charge in [0.15, 0.2) is 6.61 Å². The van der Waals surface area contributed by atoms with Gasteiger partial charge in [-0.3, -0.25) is 9.59 Å². The summed E-state index contributed by atoms with van der Waals surface area (Å²) < 4.78 is 19.3. The van der Waals surface area contributed by atoms with Gasteiger partial charge in [0, 0.05) is 26.1 Å². The van der Waals surface area contributed by atoms with Crippen molar-refractivity contribution in [3.05, 3.63) is 65.0 Å². The lowest BCUT2D eigenvalue weighted by Gasteiger charge is -2.38. The Balaban J connectivity index is 1.92. The standard InChI is InChI=1S/C24H29FN2O3/c1-5-22(28)27-13-12-17-8-11-20(30-15-23(29)26(4)16(2)3)14-21(17)24(27)18-6-9-19(25)10-7-18/h6-11,14,16,24H,5,12-13,15H2,1-4H3. The second-order valence-corrected chi connectivity index (χ2v) is 7.89. The molecule has 1 heterocycles. The highest BCUT2D eigenvalue weighted by molar-refractivity contribution is 5.78. The molecule has 0 bridgehead atoms. The molecule has 2 aromatic carbocycles. The fraction of sp³-hybridized carbons (Fsp3) is 0.417. The largest absolute Gasteiger partial charge is 0.484 e. The minimum absolute atomic E-state index is 0.0493. The van der Waals surface area contributed by atoms with Crippen molar-refractivity contribution in [2.24, 2.45) is 0 Å². The Morgan fingerprint density at radius 1 is 1.20 bits per heavy atom. The molecule has 0 N–H and O–H groups in total. The normalized spacial score (nSPS) is 15.7. The highest BCUT2D eigenvalue weighted by Gasteiger charge is 2.31. The van der Waals surface area contributed by atoms with Crippen molar-refractivity contribution < 1.29 is 18.7 Å². The van der Waals surface area contributed by atoms with Gasteiger partial charge in [0.2, 0.25) is 5.91 Å². The first-order valence-electron chi connectivity index (χ1n) is 10.4. The van der Waals surface area contributed by atoms with E-state index in [9.17, 15) is 14.0 Å². The van der Waals surface area contributed by atoms with Crippen LogP contribution in [0.5, 0.6) is 5.75 Å². The Bertz CT molecular complexity index is 911. The fourth-order valence-corrected chi connectivity index (χ4v) is 3.69. The van der Waals surface area contributed by atoms with Crippen molar-refractivity contribution in [2.45, 2.75) is 45.7 Å². The maximum atomic E-state index is 13.5. The second-order valence-electron chi connectivity index (χ2n) is 7.89. The number of rotatable bonds is 6. The number of amides is 2. The lowest BCUT2D eigenvalue weighted by atomic mass is 9.87. The van der Waals surface area contributed by atoms with Gasteiger partial charge < -0.3 is 14.5 Å². The molecule has 0 saturated carbocycles. The molecule has 0 aromatic heterocycles.